The molecule has 7 heteroatoms. The largest absolute Gasteiger partial charge is 0.367 e. The average molecular weight is 323 g/mol. The second-order valence-electron chi connectivity index (χ2n) is 4.84. The summed E-state index contributed by atoms with van der Waals surface area (Å²) < 4.78 is 0. The minimum absolute atomic E-state index is 0.0544. The highest BCUT2D eigenvalue weighted by Gasteiger charge is 2.02. The summed E-state index contributed by atoms with van der Waals surface area (Å²) in [6, 6.07) is 19.1. The van der Waals surface area contributed by atoms with E-state index in [1.54, 1.807) is 0 Å². The summed E-state index contributed by atoms with van der Waals surface area (Å²) in [4.78, 5) is 0. The molecule has 0 aromatic heterocycles. The van der Waals surface area contributed by atoms with E-state index in [1.807, 2.05) is 60.7 Å². The fraction of sp³-hybridized carbons (Fsp3) is 0.118. The van der Waals surface area contributed by atoms with Gasteiger partial charge in [-0.15, -0.1) is 10.2 Å². The lowest BCUT2D eigenvalue weighted by atomic mass is 10.1. The topological polar surface area (TPSA) is 127 Å². The van der Waals surface area contributed by atoms with E-state index in [0.717, 1.165) is 11.1 Å². The zero-order chi connectivity index (χ0) is 17.2. The van der Waals surface area contributed by atoms with E-state index in [-0.39, 0.29) is 19.0 Å². The van der Waals surface area contributed by atoms with Crippen molar-refractivity contribution in [3.8, 4) is 0 Å². The molecule has 0 saturated carbocycles. The predicted octanol–water partition coefficient (Wildman–Crippen LogP) is 0.617. The highest BCUT2D eigenvalue weighted by atomic mass is 15.4. The Balaban J connectivity index is 2.10. The van der Waals surface area contributed by atoms with Crippen molar-refractivity contribution in [3.05, 3.63) is 71.8 Å². The molecule has 2 aromatic rings. The van der Waals surface area contributed by atoms with Gasteiger partial charge in [0.15, 0.2) is 0 Å². The molecule has 0 atom stereocenters. The Kier molecular flexibility index (Phi) is 6.63. The Bertz CT molecular complexity index is 721. The standard InChI is InChI=1S/C17H21N7/c18-11-15(13-7-3-1-4-8-13)21-23-17(20)24-22-16(12-19)14-9-5-2-6-10-14/h1-10H,11-12,18-19H2,(H3,20,23,24). The molecule has 124 valence electrons. The van der Waals surface area contributed by atoms with E-state index in [1.165, 1.54) is 0 Å². The van der Waals surface area contributed by atoms with Crippen LogP contribution in [0.4, 0.5) is 0 Å². The van der Waals surface area contributed by atoms with Gasteiger partial charge in [0.2, 0.25) is 5.96 Å². The third-order valence-electron chi connectivity index (χ3n) is 3.18. The van der Waals surface area contributed by atoms with Gasteiger partial charge < -0.3 is 17.2 Å². The van der Waals surface area contributed by atoms with Crippen LogP contribution in [0.25, 0.3) is 0 Å². The highest BCUT2D eigenvalue weighted by Crippen LogP contribution is 2.01. The normalized spacial score (nSPS) is 13.0. The number of guanidine groups is 1. The van der Waals surface area contributed by atoms with Crippen molar-refractivity contribution < 1.29 is 0 Å². The Labute approximate surface area is 141 Å². The number of hydrogen-bond donors (Lipinski definition) is 4. The zero-order valence-corrected chi connectivity index (χ0v) is 13.3. The van der Waals surface area contributed by atoms with Gasteiger partial charge in [0.1, 0.15) is 0 Å². The van der Waals surface area contributed by atoms with Crippen molar-refractivity contribution in [2.45, 2.75) is 0 Å². The molecular formula is C17H21N7. The van der Waals surface area contributed by atoms with Crippen LogP contribution < -0.4 is 22.6 Å². The first-order valence-corrected chi connectivity index (χ1v) is 7.48. The van der Waals surface area contributed by atoms with Gasteiger partial charge >= 0.3 is 0 Å². The van der Waals surface area contributed by atoms with E-state index in [9.17, 15) is 0 Å². The van der Waals surface area contributed by atoms with Crippen molar-refractivity contribution in [1.82, 2.24) is 5.43 Å². The lowest BCUT2D eigenvalue weighted by Crippen LogP contribution is -2.30. The van der Waals surface area contributed by atoms with Crippen molar-refractivity contribution >= 4 is 17.4 Å². The monoisotopic (exact) mass is 323 g/mol. The van der Waals surface area contributed by atoms with Gasteiger partial charge in [-0.25, -0.2) is 5.43 Å². The van der Waals surface area contributed by atoms with Crippen molar-refractivity contribution in [2.24, 2.45) is 32.5 Å². The van der Waals surface area contributed by atoms with E-state index >= 15 is 0 Å². The van der Waals surface area contributed by atoms with Crippen LogP contribution in [-0.2, 0) is 0 Å². The fourth-order valence-electron chi connectivity index (χ4n) is 1.97. The van der Waals surface area contributed by atoms with E-state index in [2.05, 4.69) is 20.7 Å². The molecule has 2 aromatic carbocycles. The summed E-state index contributed by atoms with van der Waals surface area (Å²) in [5.74, 6) is 0.0544. The summed E-state index contributed by atoms with van der Waals surface area (Å²) in [6.07, 6.45) is 0. The van der Waals surface area contributed by atoms with Crippen molar-refractivity contribution in [1.29, 1.82) is 0 Å². The maximum absolute atomic E-state index is 5.78. The van der Waals surface area contributed by atoms with Crippen LogP contribution in [0.5, 0.6) is 0 Å². The maximum atomic E-state index is 5.78. The first kappa shape index (κ1) is 17.3. The Hall–Kier alpha value is -3.03. The molecule has 7 N–H and O–H groups in total. The van der Waals surface area contributed by atoms with Crippen molar-refractivity contribution in [2.75, 3.05) is 13.1 Å². The lowest BCUT2D eigenvalue weighted by Gasteiger charge is -2.05. The molecule has 0 saturated heterocycles. The Morgan fingerprint density at radius 2 is 1.25 bits per heavy atom. The number of rotatable bonds is 6. The van der Waals surface area contributed by atoms with Crippen LogP contribution in [0.3, 0.4) is 0 Å². The maximum Gasteiger partial charge on any atom is 0.234 e. The average Bonchev–Trinajstić information content (AvgIpc) is 2.64. The molecule has 0 fully saturated rings. The van der Waals surface area contributed by atoms with E-state index in [4.69, 9.17) is 17.2 Å². The van der Waals surface area contributed by atoms with Crippen LogP contribution in [-0.4, -0.2) is 30.5 Å². The number of nitrogens with two attached hydrogens (primary N) is 3. The van der Waals surface area contributed by atoms with Crippen LogP contribution in [0, 0.1) is 0 Å². The molecule has 0 aliphatic rings. The Morgan fingerprint density at radius 1 is 0.750 bits per heavy atom. The molecular weight excluding hydrogens is 302 g/mol. The molecule has 2 rings (SSSR count). The second-order valence-corrected chi connectivity index (χ2v) is 4.84. The third-order valence-corrected chi connectivity index (χ3v) is 3.18. The molecule has 0 spiro atoms. The number of nitrogens with one attached hydrogen (secondary N) is 1. The van der Waals surface area contributed by atoms with Crippen LogP contribution in [0.1, 0.15) is 11.1 Å². The summed E-state index contributed by atoms with van der Waals surface area (Å²) in [5.41, 5.74) is 23.0. The molecule has 24 heavy (non-hydrogen) atoms. The number of hydrogen-bond acceptors (Lipinski definition) is 5. The second kappa shape index (κ2) is 9.19. The van der Waals surface area contributed by atoms with Crippen molar-refractivity contribution in [3.63, 3.8) is 0 Å². The van der Waals surface area contributed by atoms with Crippen LogP contribution >= 0.6 is 0 Å². The number of benzene rings is 2. The van der Waals surface area contributed by atoms with Gasteiger partial charge in [-0.1, -0.05) is 60.7 Å². The quantitative estimate of drug-likeness (QED) is 0.353. The zero-order valence-electron chi connectivity index (χ0n) is 13.3. The summed E-state index contributed by atoms with van der Waals surface area (Å²) >= 11 is 0. The molecule has 0 heterocycles. The fourth-order valence-corrected chi connectivity index (χ4v) is 1.97. The predicted molar refractivity (Wildman–Crippen MR) is 98.8 cm³/mol. The first-order valence-electron chi connectivity index (χ1n) is 7.48. The van der Waals surface area contributed by atoms with Gasteiger partial charge in [0.25, 0.3) is 0 Å². The number of nitrogens with zero attached hydrogens (tertiary/aromatic N) is 3. The molecule has 0 aliphatic carbocycles. The lowest BCUT2D eigenvalue weighted by molar-refractivity contribution is 0.975. The third kappa shape index (κ3) is 5.01. The summed E-state index contributed by atoms with van der Waals surface area (Å²) in [5, 5.41) is 12.2. The van der Waals surface area contributed by atoms with Gasteiger partial charge in [-0.3, -0.25) is 0 Å². The highest BCUT2D eigenvalue weighted by molar-refractivity contribution is 6.03. The van der Waals surface area contributed by atoms with Gasteiger partial charge in [0.05, 0.1) is 11.4 Å². The van der Waals surface area contributed by atoms with Crippen LogP contribution in [0.15, 0.2) is 76.0 Å². The van der Waals surface area contributed by atoms with E-state index in [0.29, 0.717) is 11.4 Å². The first-order chi connectivity index (χ1) is 11.7. The van der Waals surface area contributed by atoms with Gasteiger partial charge in [-0.2, -0.15) is 5.10 Å². The minimum Gasteiger partial charge on any atom is -0.367 e. The molecule has 0 radical (unpaired) electrons. The van der Waals surface area contributed by atoms with Gasteiger partial charge in [-0.05, 0) is 11.1 Å². The smallest absolute Gasteiger partial charge is 0.234 e. The van der Waals surface area contributed by atoms with Crippen LogP contribution in [0.2, 0.25) is 0 Å². The van der Waals surface area contributed by atoms with E-state index < -0.39 is 0 Å². The van der Waals surface area contributed by atoms with Gasteiger partial charge in [0, 0.05) is 13.1 Å². The molecule has 0 amide bonds. The molecule has 0 bridgehead atoms. The molecule has 7 nitrogen and oxygen atoms in total. The SMILES string of the molecule is NCC(=N/N=C(/N)NN=C(CN)c1ccccc1)c1ccccc1. The Morgan fingerprint density at radius 3 is 1.75 bits per heavy atom. The molecule has 0 aliphatic heterocycles. The summed E-state index contributed by atoms with van der Waals surface area (Å²) in [7, 11) is 0. The molecule has 0 unspecified atom stereocenters. The number of hydrazone groups is 1. The minimum atomic E-state index is 0.0544. The summed E-state index contributed by atoms with van der Waals surface area (Å²) in [6.45, 7) is 0.522.